The lowest BCUT2D eigenvalue weighted by atomic mass is 9.84. The van der Waals surface area contributed by atoms with E-state index in [1.54, 1.807) is 6.07 Å². The zero-order valence-electron chi connectivity index (χ0n) is 13.4. The molecule has 4 heterocycles. The maximum atomic E-state index is 12.5. The van der Waals surface area contributed by atoms with Crippen molar-refractivity contribution in [3.8, 4) is 10.8 Å². The monoisotopic (exact) mass is 343 g/mol. The van der Waals surface area contributed by atoms with Gasteiger partial charge in [0, 0.05) is 24.3 Å². The van der Waals surface area contributed by atoms with Crippen LogP contribution in [0.25, 0.3) is 0 Å². The van der Waals surface area contributed by atoms with Gasteiger partial charge in [-0.3, -0.25) is 4.79 Å². The fourth-order valence-electron chi connectivity index (χ4n) is 3.56. The van der Waals surface area contributed by atoms with Crippen LogP contribution < -0.4 is 15.8 Å². The van der Waals surface area contributed by atoms with Gasteiger partial charge in [-0.25, -0.2) is 0 Å². The number of nitrogens with one attached hydrogen (secondary N) is 1. The van der Waals surface area contributed by atoms with Crippen molar-refractivity contribution in [2.24, 2.45) is 5.92 Å². The van der Waals surface area contributed by atoms with Crippen LogP contribution in [0.5, 0.6) is 10.8 Å². The third-order valence-corrected chi connectivity index (χ3v) is 5.82. The van der Waals surface area contributed by atoms with E-state index in [1.807, 2.05) is 30.3 Å². The zero-order chi connectivity index (χ0) is 16.5. The fourth-order valence-corrected chi connectivity index (χ4v) is 4.34. The number of amides is 1. The van der Waals surface area contributed by atoms with Crippen LogP contribution in [0.15, 0.2) is 36.4 Å². The molecule has 1 aromatic carbocycles. The summed E-state index contributed by atoms with van der Waals surface area (Å²) < 4.78 is 5.78. The molecule has 2 bridgehead atoms. The molecule has 0 aliphatic carbocycles. The summed E-state index contributed by atoms with van der Waals surface area (Å²) in [4.78, 5) is 15.6. The van der Waals surface area contributed by atoms with E-state index in [1.165, 1.54) is 37.3 Å². The molecule has 0 radical (unpaired) electrons. The minimum absolute atomic E-state index is 0.00109. The summed E-state index contributed by atoms with van der Waals surface area (Å²) in [5.74, 6) is 1.31. The number of nitrogens with two attached hydrogens (primary N) is 1. The van der Waals surface area contributed by atoms with Crippen LogP contribution in [-0.4, -0.2) is 36.5 Å². The lowest BCUT2D eigenvalue weighted by molar-refractivity contribution is 0.0622. The summed E-state index contributed by atoms with van der Waals surface area (Å²) in [5.41, 5.74) is 6.41. The molecule has 5 rings (SSSR count). The van der Waals surface area contributed by atoms with E-state index in [-0.39, 0.29) is 11.9 Å². The van der Waals surface area contributed by atoms with Crippen LogP contribution in [-0.2, 0) is 0 Å². The molecule has 2 aromatic rings. The van der Waals surface area contributed by atoms with E-state index < -0.39 is 0 Å². The molecule has 1 amide bonds. The Hall–Kier alpha value is -2.05. The molecule has 3 fully saturated rings. The molecule has 24 heavy (non-hydrogen) atoms. The number of nitrogen functional groups attached to an aromatic ring is 1. The Bertz CT molecular complexity index is 737. The standard InChI is InChI=1S/C18H21N3O2S/c19-13-2-1-3-14(10-13)23-17-5-4-16(24-17)18(22)20-15-11-21-8-6-12(15)7-9-21/h1-5,10,12,15H,6-9,11,19H2,(H,20,22). The van der Waals surface area contributed by atoms with Gasteiger partial charge in [0.25, 0.3) is 5.91 Å². The maximum Gasteiger partial charge on any atom is 0.261 e. The largest absolute Gasteiger partial charge is 0.447 e. The van der Waals surface area contributed by atoms with Crippen molar-refractivity contribution in [3.63, 3.8) is 0 Å². The Morgan fingerprint density at radius 2 is 2.08 bits per heavy atom. The average Bonchev–Trinajstić information content (AvgIpc) is 3.05. The zero-order valence-corrected chi connectivity index (χ0v) is 14.2. The van der Waals surface area contributed by atoms with E-state index in [0.717, 1.165) is 6.54 Å². The second-order valence-electron chi connectivity index (χ2n) is 6.51. The number of hydrogen-bond acceptors (Lipinski definition) is 5. The molecule has 0 spiro atoms. The van der Waals surface area contributed by atoms with Gasteiger partial charge in [-0.05, 0) is 56.1 Å². The SMILES string of the molecule is Nc1cccc(Oc2ccc(C(=O)NC3CN4CCC3CC4)s2)c1. The maximum absolute atomic E-state index is 12.5. The number of carbonyl (C=O) groups excluding carboxylic acids is 1. The molecule has 3 aliphatic heterocycles. The lowest BCUT2D eigenvalue weighted by Crippen LogP contribution is -2.57. The quantitative estimate of drug-likeness (QED) is 0.838. The Kier molecular flexibility index (Phi) is 4.16. The molecule has 3 saturated heterocycles. The minimum Gasteiger partial charge on any atom is -0.447 e. The minimum atomic E-state index is 0.00109. The van der Waals surface area contributed by atoms with Gasteiger partial charge in [0.05, 0.1) is 4.88 Å². The second-order valence-corrected chi connectivity index (χ2v) is 7.56. The van der Waals surface area contributed by atoms with Crippen molar-refractivity contribution in [1.29, 1.82) is 0 Å². The highest BCUT2D eigenvalue weighted by atomic mass is 32.1. The summed E-state index contributed by atoms with van der Waals surface area (Å²) in [6.45, 7) is 3.33. The first kappa shape index (κ1) is 15.5. The highest BCUT2D eigenvalue weighted by Crippen LogP contribution is 2.31. The van der Waals surface area contributed by atoms with Crippen LogP contribution in [0.2, 0.25) is 0 Å². The number of fused-ring (bicyclic) bond motifs is 3. The average molecular weight is 343 g/mol. The molecule has 3 aliphatic rings. The van der Waals surface area contributed by atoms with Gasteiger partial charge < -0.3 is 20.7 Å². The van der Waals surface area contributed by atoms with E-state index in [9.17, 15) is 4.79 Å². The van der Waals surface area contributed by atoms with E-state index in [4.69, 9.17) is 10.5 Å². The van der Waals surface area contributed by atoms with Crippen LogP contribution in [0.1, 0.15) is 22.5 Å². The van der Waals surface area contributed by atoms with Crippen LogP contribution >= 0.6 is 11.3 Å². The van der Waals surface area contributed by atoms with Gasteiger partial charge >= 0.3 is 0 Å². The van der Waals surface area contributed by atoms with E-state index in [2.05, 4.69) is 10.2 Å². The lowest BCUT2D eigenvalue weighted by Gasteiger charge is -2.44. The molecular weight excluding hydrogens is 322 g/mol. The number of benzene rings is 1. The Morgan fingerprint density at radius 1 is 1.25 bits per heavy atom. The summed E-state index contributed by atoms with van der Waals surface area (Å²) in [7, 11) is 0. The van der Waals surface area contributed by atoms with Gasteiger partial charge in [-0.15, -0.1) is 0 Å². The van der Waals surface area contributed by atoms with Crippen molar-refractivity contribution >= 4 is 22.9 Å². The first-order valence-electron chi connectivity index (χ1n) is 8.34. The first-order chi connectivity index (χ1) is 11.7. The van der Waals surface area contributed by atoms with Crippen molar-refractivity contribution in [1.82, 2.24) is 10.2 Å². The summed E-state index contributed by atoms with van der Waals surface area (Å²) in [5, 5.41) is 3.90. The molecule has 3 N–H and O–H groups in total. The predicted octanol–water partition coefficient (Wildman–Crippen LogP) is 2.95. The number of anilines is 1. The van der Waals surface area contributed by atoms with E-state index in [0.29, 0.717) is 27.3 Å². The molecule has 1 atom stereocenters. The Labute approximate surface area is 145 Å². The van der Waals surface area contributed by atoms with Crippen molar-refractivity contribution < 1.29 is 9.53 Å². The van der Waals surface area contributed by atoms with Gasteiger partial charge in [0.15, 0.2) is 5.06 Å². The van der Waals surface area contributed by atoms with Crippen LogP contribution in [0, 0.1) is 5.92 Å². The number of hydrogen-bond donors (Lipinski definition) is 2. The molecule has 6 heteroatoms. The van der Waals surface area contributed by atoms with Crippen molar-refractivity contribution in [2.45, 2.75) is 18.9 Å². The first-order valence-corrected chi connectivity index (χ1v) is 9.15. The summed E-state index contributed by atoms with van der Waals surface area (Å²) in [6, 6.07) is 11.2. The van der Waals surface area contributed by atoms with Gasteiger partial charge in [-0.1, -0.05) is 17.4 Å². The summed E-state index contributed by atoms with van der Waals surface area (Å²) >= 11 is 1.36. The molecule has 1 unspecified atom stereocenters. The molecular formula is C18H21N3O2S. The second kappa shape index (κ2) is 6.45. The predicted molar refractivity (Wildman–Crippen MR) is 95.7 cm³/mol. The summed E-state index contributed by atoms with van der Waals surface area (Å²) in [6.07, 6.45) is 2.39. The van der Waals surface area contributed by atoms with Gasteiger partial charge in [-0.2, -0.15) is 0 Å². The third-order valence-electron chi connectivity index (χ3n) is 4.85. The number of rotatable bonds is 4. The highest BCUT2D eigenvalue weighted by molar-refractivity contribution is 7.15. The van der Waals surface area contributed by atoms with Crippen molar-refractivity contribution in [3.05, 3.63) is 41.3 Å². The number of nitrogens with zero attached hydrogens (tertiary/aromatic N) is 1. The molecule has 0 saturated carbocycles. The number of piperidine rings is 3. The molecule has 5 nitrogen and oxygen atoms in total. The number of carbonyl (C=O) groups is 1. The molecule has 126 valence electrons. The highest BCUT2D eigenvalue weighted by Gasteiger charge is 2.35. The number of ether oxygens (including phenoxy) is 1. The third kappa shape index (κ3) is 3.25. The normalized spacial score (nSPS) is 25.4. The van der Waals surface area contributed by atoms with E-state index >= 15 is 0 Å². The fraction of sp³-hybridized carbons (Fsp3) is 0.389. The van der Waals surface area contributed by atoms with Crippen LogP contribution in [0.4, 0.5) is 5.69 Å². The topological polar surface area (TPSA) is 67.6 Å². The smallest absolute Gasteiger partial charge is 0.261 e. The Balaban J connectivity index is 1.40. The van der Waals surface area contributed by atoms with Crippen molar-refractivity contribution in [2.75, 3.05) is 25.4 Å². The Morgan fingerprint density at radius 3 is 2.79 bits per heavy atom. The van der Waals surface area contributed by atoms with Gasteiger partial charge in [0.1, 0.15) is 5.75 Å². The van der Waals surface area contributed by atoms with Crippen LogP contribution in [0.3, 0.4) is 0 Å². The van der Waals surface area contributed by atoms with Gasteiger partial charge in [0.2, 0.25) is 0 Å². The molecule has 1 aromatic heterocycles. The number of thiophene rings is 1.